The number of aromatic nitrogens is 2. The summed E-state index contributed by atoms with van der Waals surface area (Å²) in [6, 6.07) is 21.1. The minimum atomic E-state index is -0.200. The number of rotatable bonds is 5. The van der Waals surface area contributed by atoms with Crippen molar-refractivity contribution < 1.29 is 4.79 Å². The van der Waals surface area contributed by atoms with E-state index in [1.807, 2.05) is 73.6 Å². The lowest BCUT2D eigenvalue weighted by atomic mass is 10.2. The Balaban J connectivity index is 1.46. The number of fused-ring (bicyclic) bond motifs is 1. The van der Waals surface area contributed by atoms with E-state index in [0.717, 1.165) is 28.0 Å². The third-order valence-corrected chi connectivity index (χ3v) is 4.56. The van der Waals surface area contributed by atoms with Crippen molar-refractivity contribution in [3.8, 4) is 0 Å². The predicted octanol–water partition coefficient (Wildman–Crippen LogP) is 4.69. The van der Waals surface area contributed by atoms with E-state index in [4.69, 9.17) is 0 Å². The Morgan fingerprint density at radius 1 is 0.897 bits per heavy atom. The van der Waals surface area contributed by atoms with Gasteiger partial charge in [-0.15, -0.1) is 0 Å². The summed E-state index contributed by atoms with van der Waals surface area (Å²) >= 11 is 0. The van der Waals surface area contributed by atoms with Crippen LogP contribution in [0.3, 0.4) is 0 Å². The van der Waals surface area contributed by atoms with Gasteiger partial charge in [-0.1, -0.05) is 18.2 Å². The van der Waals surface area contributed by atoms with Gasteiger partial charge < -0.3 is 15.5 Å². The molecule has 2 aromatic heterocycles. The molecule has 2 N–H and O–H groups in total. The SMILES string of the molecule is CN(C)c1ccc(NC(=O)c2ccc(Nc3cccc4cccnc34)nc2)cc1. The number of benzene rings is 2. The van der Waals surface area contributed by atoms with E-state index in [-0.39, 0.29) is 5.91 Å². The van der Waals surface area contributed by atoms with Gasteiger partial charge in [0.15, 0.2) is 0 Å². The highest BCUT2D eigenvalue weighted by atomic mass is 16.1. The number of carbonyl (C=O) groups excluding carboxylic acids is 1. The van der Waals surface area contributed by atoms with Gasteiger partial charge in [-0.25, -0.2) is 4.98 Å². The lowest BCUT2D eigenvalue weighted by Gasteiger charge is -2.13. The van der Waals surface area contributed by atoms with Gasteiger partial charge in [0.1, 0.15) is 5.82 Å². The third-order valence-electron chi connectivity index (χ3n) is 4.56. The fourth-order valence-electron chi connectivity index (χ4n) is 2.99. The predicted molar refractivity (Wildman–Crippen MR) is 118 cm³/mol. The maximum absolute atomic E-state index is 12.5. The minimum absolute atomic E-state index is 0.200. The molecule has 4 aromatic rings. The summed E-state index contributed by atoms with van der Waals surface area (Å²) in [7, 11) is 3.95. The number of para-hydroxylation sites is 1. The van der Waals surface area contributed by atoms with Crippen molar-refractivity contribution >= 4 is 39.7 Å². The number of nitrogens with zero attached hydrogens (tertiary/aromatic N) is 3. The number of nitrogens with one attached hydrogen (secondary N) is 2. The van der Waals surface area contributed by atoms with E-state index in [2.05, 4.69) is 20.6 Å². The Morgan fingerprint density at radius 2 is 1.69 bits per heavy atom. The number of hydrogen-bond acceptors (Lipinski definition) is 5. The average Bonchev–Trinajstić information content (AvgIpc) is 2.75. The number of hydrogen-bond donors (Lipinski definition) is 2. The molecule has 0 fully saturated rings. The monoisotopic (exact) mass is 383 g/mol. The molecule has 0 aliphatic heterocycles. The standard InChI is InChI=1S/C23H21N5O/c1-28(2)19-11-9-18(10-12-19)26-23(29)17-8-13-21(25-15-17)27-20-7-3-5-16-6-4-14-24-22(16)20/h3-15H,1-2H3,(H,25,27)(H,26,29). The van der Waals surface area contributed by atoms with Crippen LogP contribution in [-0.4, -0.2) is 30.0 Å². The molecule has 0 radical (unpaired) electrons. The van der Waals surface area contributed by atoms with E-state index >= 15 is 0 Å². The summed E-state index contributed by atoms with van der Waals surface area (Å²) in [5.41, 5.74) is 4.05. The normalized spacial score (nSPS) is 10.6. The van der Waals surface area contributed by atoms with Crippen LogP contribution in [-0.2, 0) is 0 Å². The zero-order valence-corrected chi connectivity index (χ0v) is 16.3. The molecule has 29 heavy (non-hydrogen) atoms. The maximum Gasteiger partial charge on any atom is 0.257 e. The second-order valence-corrected chi connectivity index (χ2v) is 6.83. The summed E-state index contributed by atoms with van der Waals surface area (Å²) in [6.07, 6.45) is 3.32. The first kappa shape index (κ1) is 18.4. The molecule has 6 heteroatoms. The average molecular weight is 383 g/mol. The van der Waals surface area contributed by atoms with Gasteiger partial charge in [-0.05, 0) is 48.5 Å². The van der Waals surface area contributed by atoms with E-state index in [1.165, 1.54) is 0 Å². The molecule has 144 valence electrons. The molecule has 0 unspecified atom stereocenters. The highest BCUT2D eigenvalue weighted by Crippen LogP contribution is 2.24. The van der Waals surface area contributed by atoms with Crippen LogP contribution in [0.5, 0.6) is 0 Å². The molecule has 2 aromatic carbocycles. The Bertz CT molecular complexity index is 1130. The quantitative estimate of drug-likeness (QED) is 0.523. The summed E-state index contributed by atoms with van der Waals surface area (Å²) in [4.78, 5) is 23.3. The van der Waals surface area contributed by atoms with Crippen LogP contribution in [0.1, 0.15) is 10.4 Å². The summed E-state index contributed by atoms with van der Waals surface area (Å²) in [5.74, 6) is 0.448. The zero-order valence-electron chi connectivity index (χ0n) is 16.3. The highest BCUT2D eigenvalue weighted by molar-refractivity contribution is 6.04. The molecule has 1 amide bonds. The summed E-state index contributed by atoms with van der Waals surface area (Å²) in [5, 5.41) is 7.21. The van der Waals surface area contributed by atoms with Gasteiger partial charge in [0.05, 0.1) is 16.8 Å². The Kier molecular flexibility index (Phi) is 5.07. The fraction of sp³-hybridized carbons (Fsp3) is 0.0870. The van der Waals surface area contributed by atoms with Crippen LogP contribution in [0.15, 0.2) is 79.1 Å². The van der Waals surface area contributed by atoms with Gasteiger partial charge in [-0.3, -0.25) is 9.78 Å². The van der Waals surface area contributed by atoms with Gasteiger partial charge in [-0.2, -0.15) is 0 Å². The van der Waals surface area contributed by atoms with Crippen LogP contribution in [0, 0.1) is 0 Å². The maximum atomic E-state index is 12.5. The van der Waals surface area contributed by atoms with Crippen molar-refractivity contribution in [3.05, 3.63) is 84.7 Å². The van der Waals surface area contributed by atoms with Gasteiger partial charge in [0.2, 0.25) is 0 Å². The molecule has 0 aliphatic rings. The molecule has 0 spiro atoms. The topological polar surface area (TPSA) is 70.2 Å². The summed E-state index contributed by atoms with van der Waals surface area (Å²) < 4.78 is 0. The van der Waals surface area contributed by atoms with Crippen LogP contribution >= 0.6 is 0 Å². The van der Waals surface area contributed by atoms with E-state index in [1.54, 1.807) is 24.5 Å². The molecular formula is C23H21N5O. The molecule has 0 atom stereocenters. The van der Waals surface area contributed by atoms with Gasteiger partial charge in [0, 0.05) is 43.3 Å². The Morgan fingerprint density at radius 3 is 2.41 bits per heavy atom. The molecule has 0 bridgehead atoms. The van der Waals surface area contributed by atoms with Crippen LogP contribution < -0.4 is 15.5 Å². The van der Waals surface area contributed by atoms with E-state index < -0.39 is 0 Å². The lowest BCUT2D eigenvalue weighted by Crippen LogP contribution is -2.13. The molecule has 0 saturated heterocycles. The molecule has 4 rings (SSSR count). The molecule has 0 aliphatic carbocycles. The lowest BCUT2D eigenvalue weighted by molar-refractivity contribution is 0.102. The summed E-state index contributed by atoms with van der Waals surface area (Å²) in [6.45, 7) is 0. The number of pyridine rings is 2. The van der Waals surface area contributed by atoms with E-state index in [9.17, 15) is 4.79 Å². The van der Waals surface area contributed by atoms with Crippen LogP contribution in [0.25, 0.3) is 10.9 Å². The van der Waals surface area contributed by atoms with Crippen molar-refractivity contribution in [2.45, 2.75) is 0 Å². The Labute approximate surface area is 169 Å². The first-order valence-corrected chi connectivity index (χ1v) is 9.26. The minimum Gasteiger partial charge on any atom is -0.378 e. The largest absolute Gasteiger partial charge is 0.378 e. The van der Waals surface area contributed by atoms with Crippen molar-refractivity contribution in [2.75, 3.05) is 29.6 Å². The first-order chi connectivity index (χ1) is 14.1. The second kappa shape index (κ2) is 7.98. The second-order valence-electron chi connectivity index (χ2n) is 6.83. The fourth-order valence-corrected chi connectivity index (χ4v) is 2.99. The zero-order chi connectivity index (χ0) is 20.2. The molecule has 6 nitrogen and oxygen atoms in total. The van der Waals surface area contributed by atoms with Crippen molar-refractivity contribution in [3.63, 3.8) is 0 Å². The van der Waals surface area contributed by atoms with E-state index in [0.29, 0.717) is 11.4 Å². The number of carbonyl (C=O) groups is 1. The van der Waals surface area contributed by atoms with Crippen LogP contribution in [0.4, 0.5) is 22.9 Å². The molecule has 0 saturated carbocycles. The third kappa shape index (κ3) is 4.16. The van der Waals surface area contributed by atoms with Gasteiger partial charge in [0.25, 0.3) is 5.91 Å². The van der Waals surface area contributed by atoms with Crippen molar-refractivity contribution in [1.82, 2.24) is 9.97 Å². The molecule has 2 heterocycles. The Hall–Kier alpha value is -3.93. The highest BCUT2D eigenvalue weighted by Gasteiger charge is 2.08. The molecular weight excluding hydrogens is 362 g/mol. The van der Waals surface area contributed by atoms with Crippen LogP contribution in [0.2, 0.25) is 0 Å². The van der Waals surface area contributed by atoms with Crippen molar-refractivity contribution in [1.29, 1.82) is 0 Å². The smallest absolute Gasteiger partial charge is 0.257 e. The van der Waals surface area contributed by atoms with Crippen molar-refractivity contribution in [2.24, 2.45) is 0 Å². The van der Waals surface area contributed by atoms with Gasteiger partial charge >= 0.3 is 0 Å². The number of amides is 1. The first-order valence-electron chi connectivity index (χ1n) is 9.26. The number of anilines is 4.